The lowest BCUT2D eigenvalue weighted by atomic mass is 9.77. The van der Waals surface area contributed by atoms with Gasteiger partial charge in [-0.1, -0.05) is 11.3 Å². The summed E-state index contributed by atoms with van der Waals surface area (Å²) in [6, 6.07) is 1.94. The molecule has 2 aliphatic heterocycles. The minimum atomic E-state index is -0.456. The van der Waals surface area contributed by atoms with Crippen LogP contribution in [0, 0.1) is 5.41 Å². The Bertz CT molecular complexity index is 1120. The van der Waals surface area contributed by atoms with Crippen molar-refractivity contribution in [2.75, 3.05) is 31.5 Å². The highest BCUT2D eigenvalue weighted by molar-refractivity contribution is 7.17. The molecule has 0 aromatic carbocycles. The number of carbonyl (C=O) groups is 2. The summed E-state index contributed by atoms with van der Waals surface area (Å²) >= 11 is 1.31. The largest absolute Gasteiger partial charge is 0.444 e. The first-order valence-corrected chi connectivity index (χ1v) is 13.2. The number of piperidine rings is 1. The summed E-state index contributed by atoms with van der Waals surface area (Å²) in [6.45, 7) is 10.1. The van der Waals surface area contributed by atoms with E-state index in [0.29, 0.717) is 10.0 Å². The van der Waals surface area contributed by atoms with Gasteiger partial charge < -0.3 is 19.9 Å². The van der Waals surface area contributed by atoms with Gasteiger partial charge in [0.1, 0.15) is 5.60 Å². The van der Waals surface area contributed by atoms with E-state index in [2.05, 4.69) is 20.3 Å². The fraction of sp³-hybridized carbons (Fsp3) is 0.600. The van der Waals surface area contributed by atoms with Crippen LogP contribution in [0.25, 0.3) is 0 Å². The van der Waals surface area contributed by atoms with Crippen molar-refractivity contribution in [3.8, 4) is 0 Å². The third-order valence-electron chi connectivity index (χ3n) is 7.03. The Morgan fingerprint density at radius 1 is 1.20 bits per heavy atom. The molecule has 4 heterocycles. The number of rotatable bonds is 6. The summed E-state index contributed by atoms with van der Waals surface area (Å²) in [4.78, 5) is 32.7. The smallest absolute Gasteiger partial charge is 0.410 e. The predicted molar refractivity (Wildman–Crippen MR) is 135 cm³/mol. The second-order valence-corrected chi connectivity index (χ2v) is 12.0. The summed E-state index contributed by atoms with van der Waals surface area (Å²) in [5, 5.41) is 8.52. The summed E-state index contributed by atoms with van der Waals surface area (Å²) < 4.78 is 7.58. The van der Waals surface area contributed by atoms with Crippen molar-refractivity contribution in [3.05, 3.63) is 34.6 Å². The minimum Gasteiger partial charge on any atom is -0.444 e. The third kappa shape index (κ3) is 5.69. The summed E-state index contributed by atoms with van der Waals surface area (Å²) in [5.41, 5.74) is 2.68. The van der Waals surface area contributed by atoms with E-state index in [9.17, 15) is 9.59 Å². The van der Waals surface area contributed by atoms with Crippen molar-refractivity contribution in [3.63, 3.8) is 0 Å². The lowest BCUT2D eigenvalue weighted by Gasteiger charge is -2.41. The number of likely N-dealkylation sites (tertiary alicyclic amines) is 2. The van der Waals surface area contributed by atoms with Gasteiger partial charge >= 0.3 is 6.09 Å². The maximum atomic E-state index is 12.5. The summed E-state index contributed by atoms with van der Waals surface area (Å²) in [7, 11) is 0. The number of aromatic nitrogens is 3. The van der Waals surface area contributed by atoms with Gasteiger partial charge in [-0.05, 0) is 63.9 Å². The van der Waals surface area contributed by atoms with Gasteiger partial charge in [-0.15, -0.1) is 0 Å². The van der Waals surface area contributed by atoms with Crippen molar-refractivity contribution < 1.29 is 14.3 Å². The number of allylic oxidation sites excluding steroid dienone is 2. The van der Waals surface area contributed by atoms with Crippen LogP contribution in [0.1, 0.15) is 62.5 Å². The molecule has 3 aliphatic rings. The monoisotopic (exact) mass is 498 g/mol. The van der Waals surface area contributed by atoms with E-state index >= 15 is 0 Å². The van der Waals surface area contributed by atoms with Crippen LogP contribution < -0.4 is 5.32 Å². The highest BCUT2D eigenvalue weighted by Gasteiger charge is 2.43. The van der Waals surface area contributed by atoms with Crippen LogP contribution in [0.4, 0.5) is 15.7 Å². The molecule has 0 radical (unpaired) electrons. The molecule has 0 atom stereocenters. The first-order valence-electron chi connectivity index (χ1n) is 12.4. The van der Waals surface area contributed by atoms with Crippen LogP contribution in [-0.4, -0.2) is 68.7 Å². The van der Waals surface area contributed by atoms with Crippen molar-refractivity contribution >= 4 is 34.7 Å². The van der Waals surface area contributed by atoms with Crippen LogP contribution in [-0.2, 0) is 11.3 Å². The molecule has 1 spiro atoms. The van der Waals surface area contributed by atoms with E-state index in [1.165, 1.54) is 35.4 Å². The number of aldehydes is 1. The first kappa shape index (κ1) is 23.8. The van der Waals surface area contributed by atoms with Crippen LogP contribution in [0.15, 0.2) is 29.7 Å². The van der Waals surface area contributed by atoms with E-state index in [1.54, 1.807) is 6.20 Å². The fourth-order valence-corrected chi connectivity index (χ4v) is 5.68. The van der Waals surface area contributed by atoms with Crippen molar-refractivity contribution in [2.45, 2.75) is 65.0 Å². The zero-order valence-corrected chi connectivity index (χ0v) is 21.6. The number of thiazole rings is 1. The molecule has 0 bridgehead atoms. The van der Waals surface area contributed by atoms with Crippen molar-refractivity contribution in [1.82, 2.24) is 24.6 Å². The molecular formula is C25H34N6O3S. The van der Waals surface area contributed by atoms with Crippen LogP contribution in [0.2, 0.25) is 0 Å². The Morgan fingerprint density at radius 3 is 2.54 bits per heavy atom. The lowest BCUT2D eigenvalue weighted by molar-refractivity contribution is 0.0252. The molecule has 1 amide bonds. The summed E-state index contributed by atoms with van der Waals surface area (Å²) in [6.07, 6.45) is 9.76. The predicted octanol–water partition coefficient (Wildman–Crippen LogP) is 4.67. The molecule has 5 rings (SSSR count). The number of nitrogens with one attached hydrogen (secondary N) is 1. The Hall–Kier alpha value is -2.88. The topological polar surface area (TPSA) is 92.6 Å². The molecule has 2 aromatic heterocycles. The van der Waals surface area contributed by atoms with Gasteiger partial charge in [0.05, 0.1) is 17.6 Å². The molecule has 2 aromatic rings. The third-order valence-corrected chi connectivity index (χ3v) is 7.87. The first-order chi connectivity index (χ1) is 16.7. The SMILES string of the molecule is CC(C)(C)OC(=O)N1CCC2(CCN(C(Cn3ccc(Nc4ncc(C=O)s4)n3)=C3CC3)CC2)C1. The van der Waals surface area contributed by atoms with Gasteiger partial charge in [0.2, 0.25) is 0 Å². The van der Waals surface area contributed by atoms with E-state index in [-0.39, 0.29) is 11.5 Å². The quantitative estimate of drug-likeness (QED) is 0.579. The molecule has 188 valence electrons. The van der Waals surface area contributed by atoms with Gasteiger partial charge in [0.15, 0.2) is 17.2 Å². The normalized spacial score (nSPS) is 19.2. The molecule has 1 aliphatic carbocycles. The number of carbonyl (C=O) groups excluding carboxylic acids is 2. The maximum Gasteiger partial charge on any atom is 0.410 e. The molecular weight excluding hydrogens is 464 g/mol. The van der Waals surface area contributed by atoms with Gasteiger partial charge in [-0.3, -0.25) is 9.48 Å². The highest BCUT2D eigenvalue weighted by atomic mass is 32.1. The lowest BCUT2D eigenvalue weighted by Crippen LogP contribution is -2.43. The van der Waals surface area contributed by atoms with E-state index in [1.807, 2.05) is 42.6 Å². The number of ether oxygens (including phenoxy) is 1. The number of amides is 1. The van der Waals surface area contributed by atoms with Crippen LogP contribution >= 0.6 is 11.3 Å². The highest BCUT2D eigenvalue weighted by Crippen LogP contribution is 2.43. The molecule has 3 fully saturated rings. The minimum absolute atomic E-state index is 0.180. The Morgan fingerprint density at radius 2 is 1.91 bits per heavy atom. The van der Waals surface area contributed by atoms with E-state index in [4.69, 9.17) is 4.74 Å². The molecule has 10 heteroatoms. The summed E-state index contributed by atoms with van der Waals surface area (Å²) in [5.74, 6) is 0.725. The zero-order chi connectivity index (χ0) is 24.6. The van der Waals surface area contributed by atoms with Gasteiger partial charge in [0, 0.05) is 44.1 Å². The maximum absolute atomic E-state index is 12.5. The van der Waals surface area contributed by atoms with E-state index < -0.39 is 5.60 Å². The molecule has 2 saturated heterocycles. The molecule has 1 N–H and O–H groups in total. The van der Waals surface area contributed by atoms with E-state index in [0.717, 1.165) is 64.1 Å². The molecule has 1 saturated carbocycles. The molecule has 0 unspecified atom stereocenters. The molecule has 35 heavy (non-hydrogen) atoms. The number of hydrogen-bond donors (Lipinski definition) is 1. The molecule has 9 nitrogen and oxygen atoms in total. The van der Waals surface area contributed by atoms with Gasteiger partial charge in [0.25, 0.3) is 0 Å². The second-order valence-electron chi connectivity index (χ2n) is 10.9. The fourth-order valence-electron chi connectivity index (χ4n) is 5.04. The van der Waals surface area contributed by atoms with Gasteiger partial charge in [-0.2, -0.15) is 5.10 Å². The number of hydrogen-bond acceptors (Lipinski definition) is 8. The average molecular weight is 499 g/mol. The van der Waals surface area contributed by atoms with Crippen molar-refractivity contribution in [1.29, 1.82) is 0 Å². The average Bonchev–Trinajstić information content (AvgIpc) is 3.18. The number of anilines is 2. The second kappa shape index (κ2) is 9.29. The van der Waals surface area contributed by atoms with Crippen LogP contribution in [0.3, 0.4) is 0 Å². The Balaban J connectivity index is 1.17. The Kier molecular flexibility index (Phi) is 6.33. The van der Waals surface area contributed by atoms with Crippen LogP contribution in [0.5, 0.6) is 0 Å². The van der Waals surface area contributed by atoms with Crippen molar-refractivity contribution in [2.24, 2.45) is 5.41 Å². The standard InChI is InChI=1S/C25H34N6O3S/c1-24(2,3)34-23(33)30-13-9-25(17-30)7-11-29(12-8-25)20(18-4-5-18)15-31-10-6-21(28-31)27-22-26-14-19(16-32)35-22/h6,10,14,16H,4-5,7-9,11-13,15,17H2,1-3H3,(H,26,27,28). The zero-order valence-electron chi connectivity index (χ0n) is 20.7. The number of nitrogens with zero attached hydrogens (tertiary/aromatic N) is 5. The van der Waals surface area contributed by atoms with Gasteiger partial charge in [-0.25, -0.2) is 9.78 Å². The Labute approximate surface area is 210 Å².